The van der Waals surface area contributed by atoms with Gasteiger partial charge in [-0.25, -0.2) is 14.8 Å². The number of aromatic nitrogens is 2. The summed E-state index contributed by atoms with van der Waals surface area (Å²) in [7, 11) is 0. The van der Waals surface area contributed by atoms with Gasteiger partial charge in [0.15, 0.2) is 0 Å². The highest BCUT2D eigenvalue weighted by Crippen LogP contribution is 2.32. The summed E-state index contributed by atoms with van der Waals surface area (Å²) in [6.45, 7) is 2.08. The molecular formula is C15H13N3O2S. The van der Waals surface area contributed by atoms with Crippen LogP contribution in [0.15, 0.2) is 36.7 Å². The van der Waals surface area contributed by atoms with Crippen molar-refractivity contribution in [1.82, 2.24) is 9.97 Å². The minimum atomic E-state index is -0.362. The predicted octanol–water partition coefficient (Wildman–Crippen LogP) is 2.94. The molecule has 0 amide bonds. The molecule has 21 heavy (non-hydrogen) atoms. The first-order chi connectivity index (χ1) is 10.2. The van der Waals surface area contributed by atoms with Gasteiger partial charge in [-0.2, -0.15) is 0 Å². The number of nitrogens with zero attached hydrogens (tertiary/aromatic N) is 2. The summed E-state index contributed by atoms with van der Waals surface area (Å²) >= 11 is 1.28. The van der Waals surface area contributed by atoms with Crippen molar-refractivity contribution in [2.45, 2.75) is 13.5 Å². The second-order valence-electron chi connectivity index (χ2n) is 4.56. The van der Waals surface area contributed by atoms with Crippen LogP contribution in [0, 0.1) is 6.92 Å². The van der Waals surface area contributed by atoms with Crippen LogP contribution in [0.5, 0.6) is 0 Å². The van der Waals surface area contributed by atoms with E-state index in [0.29, 0.717) is 15.5 Å². The third kappa shape index (κ3) is 2.57. The van der Waals surface area contributed by atoms with E-state index in [1.807, 2.05) is 37.3 Å². The lowest BCUT2D eigenvalue weighted by Gasteiger charge is -2.04. The number of hydrogen-bond donors (Lipinski definition) is 1. The van der Waals surface area contributed by atoms with Gasteiger partial charge in [0.05, 0.1) is 5.39 Å². The van der Waals surface area contributed by atoms with Crippen molar-refractivity contribution in [1.29, 1.82) is 0 Å². The van der Waals surface area contributed by atoms with Crippen LogP contribution in [0.3, 0.4) is 0 Å². The third-order valence-electron chi connectivity index (χ3n) is 3.15. The summed E-state index contributed by atoms with van der Waals surface area (Å²) in [6.07, 6.45) is 1.40. The molecule has 0 saturated carbocycles. The standard InChI is InChI=1S/C15H13N3O2S/c1-9-11-13(16)17-8-18-14(11)21-12(9)15(19)20-7-10-5-3-2-4-6-10/h2-6,8H,7H2,1H3,(H2,16,17,18). The van der Waals surface area contributed by atoms with Gasteiger partial charge in [-0.05, 0) is 18.1 Å². The number of aryl methyl sites for hydroxylation is 1. The molecule has 0 fully saturated rings. The molecular weight excluding hydrogens is 286 g/mol. The van der Waals surface area contributed by atoms with Gasteiger partial charge in [0.2, 0.25) is 0 Å². The van der Waals surface area contributed by atoms with Crippen LogP contribution in [-0.2, 0) is 11.3 Å². The molecule has 0 radical (unpaired) electrons. The van der Waals surface area contributed by atoms with Gasteiger partial charge in [0.25, 0.3) is 0 Å². The number of nitrogens with two attached hydrogens (primary N) is 1. The summed E-state index contributed by atoms with van der Waals surface area (Å²) < 4.78 is 5.35. The van der Waals surface area contributed by atoms with Gasteiger partial charge < -0.3 is 10.5 Å². The molecule has 0 saturated heterocycles. The number of anilines is 1. The fourth-order valence-corrected chi connectivity index (χ4v) is 3.13. The molecule has 106 valence electrons. The number of ether oxygens (including phenoxy) is 1. The molecule has 0 unspecified atom stereocenters. The largest absolute Gasteiger partial charge is 0.457 e. The van der Waals surface area contributed by atoms with Crippen LogP contribution < -0.4 is 5.73 Å². The minimum absolute atomic E-state index is 0.245. The molecule has 2 heterocycles. The summed E-state index contributed by atoms with van der Waals surface area (Å²) in [5.74, 6) is 0.0228. The molecule has 1 aromatic carbocycles. The molecule has 2 N–H and O–H groups in total. The van der Waals surface area contributed by atoms with Gasteiger partial charge in [-0.3, -0.25) is 0 Å². The van der Waals surface area contributed by atoms with Crippen LogP contribution in [0.2, 0.25) is 0 Å². The van der Waals surface area contributed by atoms with Crippen molar-refractivity contribution in [3.8, 4) is 0 Å². The smallest absolute Gasteiger partial charge is 0.349 e. The van der Waals surface area contributed by atoms with Crippen molar-refractivity contribution in [2.75, 3.05) is 5.73 Å². The fourth-order valence-electron chi connectivity index (χ4n) is 2.08. The van der Waals surface area contributed by atoms with E-state index >= 15 is 0 Å². The van der Waals surface area contributed by atoms with Crippen molar-refractivity contribution < 1.29 is 9.53 Å². The Balaban J connectivity index is 1.85. The molecule has 3 rings (SSSR count). The van der Waals surface area contributed by atoms with Crippen molar-refractivity contribution in [3.05, 3.63) is 52.7 Å². The number of thiophene rings is 1. The number of fused-ring (bicyclic) bond motifs is 1. The quantitative estimate of drug-likeness (QED) is 0.752. The number of esters is 1. The molecule has 0 atom stereocenters. The van der Waals surface area contributed by atoms with Crippen LogP contribution in [-0.4, -0.2) is 15.9 Å². The first kappa shape index (κ1) is 13.5. The molecule has 2 aromatic heterocycles. The summed E-state index contributed by atoms with van der Waals surface area (Å²) in [4.78, 5) is 21.5. The van der Waals surface area contributed by atoms with Crippen molar-refractivity contribution in [3.63, 3.8) is 0 Å². The lowest BCUT2D eigenvalue weighted by molar-refractivity contribution is 0.0478. The average Bonchev–Trinajstić information content (AvgIpc) is 2.84. The van der Waals surface area contributed by atoms with E-state index < -0.39 is 0 Å². The van der Waals surface area contributed by atoms with E-state index in [4.69, 9.17) is 10.5 Å². The van der Waals surface area contributed by atoms with Crippen molar-refractivity contribution in [2.24, 2.45) is 0 Å². The number of carbonyl (C=O) groups excluding carboxylic acids is 1. The van der Waals surface area contributed by atoms with Gasteiger partial charge in [-0.1, -0.05) is 30.3 Å². The maximum absolute atomic E-state index is 12.2. The third-order valence-corrected chi connectivity index (χ3v) is 4.33. The number of rotatable bonds is 3. The first-order valence-corrected chi connectivity index (χ1v) is 7.19. The monoisotopic (exact) mass is 299 g/mol. The first-order valence-electron chi connectivity index (χ1n) is 6.37. The van der Waals surface area contributed by atoms with E-state index in [9.17, 15) is 4.79 Å². The summed E-state index contributed by atoms with van der Waals surface area (Å²) in [5, 5.41) is 0.731. The highest BCUT2D eigenvalue weighted by Gasteiger charge is 2.19. The highest BCUT2D eigenvalue weighted by molar-refractivity contribution is 7.20. The molecule has 0 bridgehead atoms. The molecule has 3 aromatic rings. The van der Waals surface area contributed by atoms with Gasteiger partial charge in [0, 0.05) is 0 Å². The van der Waals surface area contributed by atoms with Crippen LogP contribution in [0.1, 0.15) is 20.8 Å². The Morgan fingerprint density at radius 3 is 2.76 bits per heavy atom. The lowest BCUT2D eigenvalue weighted by Crippen LogP contribution is -2.04. The Morgan fingerprint density at radius 2 is 2.05 bits per heavy atom. The van der Waals surface area contributed by atoms with Gasteiger partial charge in [-0.15, -0.1) is 11.3 Å². The maximum atomic E-state index is 12.2. The Kier molecular flexibility index (Phi) is 3.53. The Hall–Kier alpha value is -2.47. The average molecular weight is 299 g/mol. The normalized spacial score (nSPS) is 10.7. The van der Waals surface area contributed by atoms with E-state index in [0.717, 1.165) is 16.5 Å². The van der Waals surface area contributed by atoms with Crippen LogP contribution in [0.4, 0.5) is 5.82 Å². The van der Waals surface area contributed by atoms with Crippen LogP contribution >= 0.6 is 11.3 Å². The van der Waals surface area contributed by atoms with E-state index in [-0.39, 0.29) is 12.6 Å². The molecule has 0 aliphatic carbocycles. The molecule has 6 heteroatoms. The van der Waals surface area contributed by atoms with Gasteiger partial charge in [0.1, 0.15) is 28.5 Å². The van der Waals surface area contributed by atoms with E-state index in [2.05, 4.69) is 9.97 Å². The second kappa shape index (κ2) is 5.49. The van der Waals surface area contributed by atoms with Crippen molar-refractivity contribution >= 4 is 33.3 Å². The topological polar surface area (TPSA) is 78.1 Å². The zero-order chi connectivity index (χ0) is 14.8. The fraction of sp³-hybridized carbons (Fsp3) is 0.133. The Labute approximate surface area is 125 Å². The lowest BCUT2D eigenvalue weighted by atomic mass is 10.2. The minimum Gasteiger partial charge on any atom is -0.457 e. The Bertz CT molecular complexity index is 799. The zero-order valence-electron chi connectivity index (χ0n) is 11.4. The zero-order valence-corrected chi connectivity index (χ0v) is 12.2. The predicted molar refractivity (Wildman–Crippen MR) is 82.1 cm³/mol. The second-order valence-corrected chi connectivity index (χ2v) is 5.56. The van der Waals surface area contributed by atoms with E-state index in [1.165, 1.54) is 17.7 Å². The number of carbonyl (C=O) groups is 1. The number of hydrogen-bond acceptors (Lipinski definition) is 6. The SMILES string of the molecule is Cc1c(C(=O)OCc2ccccc2)sc2ncnc(N)c12. The van der Waals surface area contributed by atoms with Gasteiger partial charge >= 0.3 is 5.97 Å². The molecule has 5 nitrogen and oxygen atoms in total. The molecule has 0 aliphatic rings. The van der Waals surface area contributed by atoms with Crippen LogP contribution in [0.25, 0.3) is 10.2 Å². The highest BCUT2D eigenvalue weighted by atomic mass is 32.1. The molecule has 0 spiro atoms. The number of nitrogen functional groups attached to an aromatic ring is 1. The Morgan fingerprint density at radius 1 is 1.29 bits per heavy atom. The maximum Gasteiger partial charge on any atom is 0.349 e. The molecule has 0 aliphatic heterocycles. The number of benzene rings is 1. The van der Waals surface area contributed by atoms with E-state index in [1.54, 1.807) is 0 Å². The summed E-state index contributed by atoms with van der Waals surface area (Å²) in [6, 6.07) is 9.56. The summed E-state index contributed by atoms with van der Waals surface area (Å²) in [5.41, 5.74) is 7.56.